The van der Waals surface area contributed by atoms with Gasteiger partial charge in [0.15, 0.2) is 5.11 Å². The van der Waals surface area contributed by atoms with E-state index in [2.05, 4.69) is 47.7 Å². The molecule has 0 amide bonds. The lowest BCUT2D eigenvalue weighted by Gasteiger charge is -2.18. The van der Waals surface area contributed by atoms with Crippen LogP contribution in [-0.4, -0.2) is 24.2 Å². The number of benzene rings is 1. The molecule has 1 aromatic carbocycles. The first-order chi connectivity index (χ1) is 10.5. The fourth-order valence-electron chi connectivity index (χ4n) is 2.32. The summed E-state index contributed by atoms with van der Waals surface area (Å²) < 4.78 is 0. The molecule has 22 heavy (non-hydrogen) atoms. The molecule has 1 heterocycles. The average Bonchev–Trinajstić information content (AvgIpc) is 2.49. The van der Waals surface area contributed by atoms with Crippen molar-refractivity contribution in [1.82, 2.24) is 10.3 Å². The van der Waals surface area contributed by atoms with Gasteiger partial charge in [0.05, 0.1) is 0 Å². The summed E-state index contributed by atoms with van der Waals surface area (Å²) in [5.74, 6) is 0.949. The minimum absolute atomic E-state index is 0.617. The molecule has 0 aliphatic rings. The van der Waals surface area contributed by atoms with E-state index in [4.69, 9.17) is 12.2 Å². The van der Waals surface area contributed by atoms with E-state index >= 15 is 0 Å². The van der Waals surface area contributed by atoms with Crippen LogP contribution in [0.2, 0.25) is 0 Å². The minimum Gasteiger partial charge on any atom is -0.362 e. The van der Waals surface area contributed by atoms with Gasteiger partial charge < -0.3 is 15.5 Å². The normalized spacial score (nSPS) is 10.2. The molecular weight excluding hydrogens is 292 g/mol. The van der Waals surface area contributed by atoms with Gasteiger partial charge in [-0.3, -0.25) is 0 Å². The molecule has 0 atom stereocenters. The van der Waals surface area contributed by atoms with E-state index in [1.807, 2.05) is 31.1 Å². The smallest absolute Gasteiger partial charge is 0.171 e. The van der Waals surface area contributed by atoms with Gasteiger partial charge in [0.1, 0.15) is 5.82 Å². The van der Waals surface area contributed by atoms with Crippen molar-refractivity contribution in [2.45, 2.75) is 20.4 Å². The molecule has 2 N–H and O–H groups in total. The lowest BCUT2D eigenvalue weighted by molar-refractivity contribution is 0.900. The van der Waals surface area contributed by atoms with Crippen LogP contribution in [0.15, 0.2) is 36.5 Å². The molecule has 0 fully saturated rings. The molecule has 0 radical (unpaired) electrons. The van der Waals surface area contributed by atoms with Crippen molar-refractivity contribution in [2.75, 3.05) is 24.3 Å². The van der Waals surface area contributed by atoms with Crippen molar-refractivity contribution >= 4 is 28.8 Å². The molecule has 0 aliphatic heterocycles. The molecule has 0 saturated heterocycles. The first-order valence-corrected chi connectivity index (χ1v) is 7.62. The number of nitrogens with zero attached hydrogens (tertiary/aromatic N) is 2. The van der Waals surface area contributed by atoms with Crippen molar-refractivity contribution in [3.63, 3.8) is 0 Å². The standard InChI is InChI=1S/C17H22N4S/c1-12-7-5-8-13(2)15(12)20-17(22)19-11-14-9-6-10-18-16(14)21(3)4/h5-10H,11H2,1-4H3,(H2,19,20,22). The van der Waals surface area contributed by atoms with Crippen LogP contribution in [0, 0.1) is 13.8 Å². The molecule has 0 saturated carbocycles. The number of aromatic nitrogens is 1. The van der Waals surface area contributed by atoms with Crippen LogP contribution in [0.5, 0.6) is 0 Å². The Morgan fingerprint density at radius 3 is 2.45 bits per heavy atom. The van der Waals surface area contributed by atoms with Crippen molar-refractivity contribution < 1.29 is 0 Å². The van der Waals surface area contributed by atoms with E-state index < -0.39 is 0 Å². The number of nitrogens with one attached hydrogen (secondary N) is 2. The second-order valence-corrected chi connectivity index (χ2v) is 5.86. The highest BCUT2D eigenvalue weighted by molar-refractivity contribution is 7.80. The lowest BCUT2D eigenvalue weighted by atomic mass is 10.1. The Bertz CT molecular complexity index is 647. The first kappa shape index (κ1) is 16.2. The zero-order chi connectivity index (χ0) is 16.1. The molecule has 116 valence electrons. The maximum Gasteiger partial charge on any atom is 0.171 e. The van der Waals surface area contributed by atoms with Gasteiger partial charge in [-0.05, 0) is 43.3 Å². The van der Waals surface area contributed by atoms with Crippen LogP contribution in [0.4, 0.5) is 11.5 Å². The lowest BCUT2D eigenvalue weighted by Crippen LogP contribution is -2.29. The van der Waals surface area contributed by atoms with E-state index in [-0.39, 0.29) is 0 Å². The SMILES string of the molecule is Cc1cccc(C)c1NC(=S)NCc1cccnc1N(C)C. The highest BCUT2D eigenvalue weighted by Crippen LogP contribution is 2.19. The highest BCUT2D eigenvalue weighted by Gasteiger charge is 2.07. The topological polar surface area (TPSA) is 40.2 Å². The fourth-order valence-corrected chi connectivity index (χ4v) is 2.49. The van der Waals surface area contributed by atoms with E-state index in [0.29, 0.717) is 11.7 Å². The summed E-state index contributed by atoms with van der Waals surface area (Å²) in [7, 11) is 3.97. The van der Waals surface area contributed by atoms with Crippen molar-refractivity contribution in [1.29, 1.82) is 0 Å². The Morgan fingerprint density at radius 2 is 1.82 bits per heavy atom. The Balaban J connectivity index is 2.02. The van der Waals surface area contributed by atoms with E-state index in [1.54, 1.807) is 6.20 Å². The van der Waals surface area contributed by atoms with Gasteiger partial charge in [-0.25, -0.2) is 4.98 Å². The third-order valence-electron chi connectivity index (χ3n) is 3.45. The summed E-state index contributed by atoms with van der Waals surface area (Å²) >= 11 is 5.41. The number of aryl methyl sites for hydroxylation is 2. The van der Waals surface area contributed by atoms with E-state index in [9.17, 15) is 0 Å². The fraction of sp³-hybridized carbons (Fsp3) is 0.294. The van der Waals surface area contributed by atoms with Crippen LogP contribution < -0.4 is 15.5 Å². The Labute approximate surface area is 137 Å². The number of thiocarbonyl (C=S) groups is 1. The molecular formula is C17H22N4S. The molecule has 1 aromatic heterocycles. The molecule has 0 spiro atoms. The van der Waals surface area contributed by atoms with Crippen LogP contribution >= 0.6 is 12.2 Å². The quantitative estimate of drug-likeness (QED) is 0.848. The second kappa shape index (κ2) is 7.22. The first-order valence-electron chi connectivity index (χ1n) is 7.21. The molecule has 2 rings (SSSR count). The Kier molecular flexibility index (Phi) is 5.33. The zero-order valence-corrected chi connectivity index (χ0v) is 14.3. The zero-order valence-electron chi connectivity index (χ0n) is 13.5. The Hall–Kier alpha value is -2.14. The summed E-state index contributed by atoms with van der Waals surface area (Å²) in [6.07, 6.45) is 1.80. The highest BCUT2D eigenvalue weighted by atomic mass is 32.1. The third kappa shape index (κ3) is 3.95. The van der Waals surface area contributed by atoms with E-state index in [0.717, 1.165) is 17.1 Å². The van der Waals surface area contributed by atoms with Gasteiger partial charge in [-0.1, -0.05) is 24.3 Å². The minimum atomic E-state index is 0.617. The van der Waals surface area contributed by atoms with Crippen LogP contribution in [-0.2, 0) is 6.54 Å². The van der Waals surface area contributed by atoms with Gasteiger partial charge in [0.2, 0.25) is 0 Å². The molecule has 4 nitrogen and oxygen atoms in total. The number of anilines is 2. The summed E-state index contributed by atoms with van der Waals surface area (Å²) in [4.78, 5) is 6.39. The van der Waals surface area contributed by atoms with Gasteiger partial charge in [-0.2, -0.15) is 0 Å². The van der Waals surface area contributed by atoms with Crippen molar-refractivity contribution in [3.8, 4) is 0 Å². The predicted octanol–water partition coefficient (Wildman–Crippen LogP) is 3.25. The average molecular weight is 314 g/mol. The summed E-state index contributed by atoms with van der Waals surface area (Å²) in [6, 6.07) is 10.2. The van der Waals surface area contributed by atoms with Gasteiger partial charge in [0, 0.05) is 38.1 Å². The predicted molar refractivity (Wildman–Crippen MR) is 97.5 cm³/mol. The maximum absolute atomic E-state index is 5.41. The van der Waals surface area contributed by atoms with Crippen LogP contribution in [0.3, 0.4) is 0 Å². The summed E-state index contributed by atoms with van der Waals surface area (Å²) in [5.41, 5.74) is 4.54. The molecule has 2 aromatic rings. The largest absolute Gasteiger partial charge is 0.362 e. The number of pyridine rings is 1. The maximum atomic E-state index is 5.41. The second-order valence-electron chi connectivity index (χ2n) is 5.46. The molecule has 0 unspecified atom stereocenters. The summed E-state index contributed by atoms with van der Waals surface area (Å²) in [6.45, 7) is 4.78. The number of para-hydroxylation sites is 1. The molecule has 0 aliphatic carbocycles. The van der Waals surface area contributed by atoms with E-state index in [1.165, 1.54) is 11.1 Å². The summed E-state index contributed by atoms with van der Waals surface area (Å²) in [5, 5.41) is 7.15. The molecule has 5 heteroatoms. The molecule has 0 bridgehead atoms. The van der Waals surface area contributed by atoms with Crippen molar-refractivity contribution in [3.05, 3.63) is 53.2 Å². The monoisotopic (exact) mass is 314 g/mol. The Morgan fingerprint density at radius 1 is 1.14 bits per heavy atom. The number of hydrogen-bond acceptors (Lipinski definition) is 3. The third-order valence-corrected chi connectivity index (χ3v) is 3.70. The van der Waals surface area contributed by atoms with Crippen LogP contribution in [0.1, 0.15) is 16.7 Å². The number of hydrogen-bond donors (Lipinski definition) is 2. The van der Waals surface area contributed by atoms with Gasteiger partial charge in [-0.15, -0.1) is 0 Å². The van der Waals surface area contributed by atoms with Gasteiger partial charge >= 0.3 is 0 Å². The van der Waals surface area contributed by atoms with Gasteiger partial charge in [0.25, 0.3) is 0 Å². The number of rotatable bonds is 4. The van der Waals surface area contributed by atoms with Crippen LogP contribution in [0.25, 0.3) is 0 Å². The van der Waals surface area contributed by atoms with Crippen molar-refractivity contribution in [2.24, 2.45) is 0 Å².